The molecule has 0 aliphatic carbocycles. The zero-order valence-corrected chi connectivity index (χ0v) is 11.6. The topological polar surface area (TPSA) is 12.9 Å². The van der Waals surface area contributed by atoms with Crippen LogP contribution in [0.15, 0.2) is 16.7 Å². The molecule has 0 N–H and O–H groups in total. The second-order valence-electron chi connectivity index (χ2n) is 4.81. The molecule has 15 heavy (non-hydrogen) atoms. The van der Waals surface area contributed by atoms with Crippen molar-refractivity contribution in [2.24, 2.45) is 5.92 Å². The van der Waals surface area contributed by atoms with E-state index in [-0.39, 0.29) is 0 Å². The molecule has 0 amide bonds. The van der Waals surface area contributed by atoms with E-state index in [2.05, 4.69) is 60.7 Å². The van der Waals surface area contributed by atoms with Crippen LogP contribution >= 0.6 is 15.9 Å². The summed E-state index contributed by atoms with van der Waals surface area (Å²) >= 11 is 3.48. The maximum atomic E-state index is 4.48. The zero-order valence-electron chi connectivity index (χ0n) is 10.0. The summed E-state index contributed by atoms with van der Waals surface area (Å²) < 4.78 is 0.965. The fourth-order valence-electron chi connectivity index (χ4n) is 1.47. The van der Waals surface area contributed by atoms with Crippen LogP contribution < -0.4 is 0 Å². The first-order valence-electron chi connectivity index (χ1n) is 5.65. The molecule has 0 aliphatic rings. The third-order valence-electron chi connectivity index (χ3n) is 2.48. The summed E-state index contributed by atoms with van der Waals surface area (Å²) in [5, 5.41) is 0. The monoisotopic (exact) mass is 269 g/mol. The maximum Gasteiger partial charge on any atom is 0.106 e. The van der Waals surface area contributed by atoms with Gasteiger partial charge in [-0.2, -0.15) is 0 Å². The van der Waals surface area contributed by atoms with Crippen molar-refractivity contribution in [2.75, 3.05) is 0 Å². The molecule has 1 rings (SSSR count). The van der Waals surface area contributed by atoms with E-state index in [9.17, 15) is 0 Å². The molecule has 1 aromatic heterocycles. The number of pyridine rings is 1. The second-order valence-corrected chi connectivity index (χ2v) is 5.62. The summed E-state index contributed by atoms with van der Waals surface area (Å²) in [6.45, 7) is 8.89. The predicted molar refractivity (Wildman–Crippen MR) is 69.2 cm³/mol. The van der Waals surface area contributed by atoms with Crippen LogP contribution in [0.1, 0.15) is 51.3 Å². The number of nitrogens with zero attached hydrogens (tertiary/aromatic N) is 1. The molecule has 0 atom stereocenters. The number of aryl methyl sites for hydroxylation is 1. The van der Waals surface area contributed by atoms with Crippen molar-refractivity contribution >= 4 is 15.9 Å². The lowest BCUT2D eigenvalue weighted by Gasteiger charge is -2.09. The van der Waals surface area contributed by atoms with Crippen LogP contribution in [0.3, 0.4) is 0 Å². The van der Waals surface area contributed by atoms with Crippen molar-refractivity contribution in [1.29, 1.82) is 0 Å². The predicted octanol–water partition coefficient (Wildman–Crippen LogP) is 4.56. The fourth-order valence-corrected chi connectivity index (χ4v) is 1.97. The molecule has 0 aliphatic heterocycles. The molecule has 0 saturated carbocycles. The number of aromatic nitrogens is 1. The fraction of sp³-hybridized carbons (Fsp3) is 0.615. The maximum absolute atomic E-state index is 4.48. The Morgan fingerprint density at radius 1 is 1.20 bits per heavy atom. The minimum atomic E-state index is 0.500. The van der Waals surface area contributed by atoms with Crippen molar-refractivity contribution in [3.63, 3.8) is 0 Å². The lowest BCUT2D eigenvalue weighted by molar-refractivity contribution is 0.585. The highest BCUT2D eigenvalue weighted by molar-refractivity contribution is 9.10. The van der Waals surface area contributed by atoms with Crippen LogP contribution in [0.5, 0.6) is 0 Å². The first kappa shape index (κ1) is 12.7. The minimum absolute atomic E-state index is 0.500. The lowest BCUT2D eigenvalue weighted by atomic mass is 10.0. The second kappa shape index (κ2) is 5.64. The molecule has 0 spiro atoms. The normalized spacial score (nSPS) is 11.4. The van der Waals surface area contributed by atoms with E-state index in [4.69, 9.17) is 0 Å². The third kappa shape index (κ3) is 4.33. The Kier molecular flexibility index (Phi) is 4.78. The van der Waals surface area contributed by atoms with Crippen molar-refractivity contribution in [2.45, 2.75) is 46.5 Å². The molecule has 1 heterocycles. The van der Waals surface area contributed by atoms with Gasteiger partial charge in [0.1, 0.15) is 4.60 Å². The SMILES string of the molecule is CC(C)CCc1cc(Br)nc(C(C)C)c1. The summed E-state index contributed by atoms with van der Waals surface area (Å²) in [7, 11) is 0. The molecule has 0 saturated heterocycles. The summed E-state index contributed by atoms with van der Waals surface area (Å²) in [6, 6.07) is 4.37. The summed E-state index contributed by atoms with van der Waals surface area (Å²) in [6.07, 6.45) is 2.40. The number of hydrogen-bond acceptors (Lipinski definition) is 1. The van der Waals surface area contributed by atoms with Gasteiger partial charge in [-0.1, -0.05) is 27.7 Å². The highest BCUT2D eigenvalue weighted by Gasteiger charge is 2.05. The van der Waals surface area contributed by atoms with Crippen LogP contribution in [0.4, 0.5) is 0 Å². The van der Waals surface area contributed by atoms with Crippen molar-refractivity contribution in [1.82, 2.24) is 4.98 Å². The average molecular weight is 270 g/mol. The highest BCUT2D eigenvalue weighted by atomic mass is 79.9. The van der Waals surface area contributed by atoms with E-state index in [0.717, 1.165) is 16.9 Å². The Morgan fingerprint density at radius 2 is 1.87 bits per heavy atom. The first-order chi connectivity index (χ1) is 6.99. The van der Waals surface area contributed by atoms with Gasteiger partial charge in [0.2, 0.25) is 0 Å². The van der Waals surface area contributed by atoms with Crippen LogP contribution in [0, 0.1) is 5.92 Å². The van der Waals surface area contributed by atoms with Gasteiger partial charge >= 0.3 is 0 Å². The summed E-state index contributed by atoms with van der Waals surface area (Å²) in [4.78, 5) is 4.48. The minimum Gasteiger partial charge on any atom is -0.246 e. The van der Waals surface area contributed by atoms with Crippen LogP contribution in [0.2, 0.25) is 0 Å². The van der Waals surface area contributed by atoms with Gasteiger partial charge in [-0.05, 0) is 58.3 Å². The van der Waals surface area contributed by atoms with Gasteiger partial charge in [0.05, 0.1) is 0 Å². The van der Waals surface area contributed by atoms with E-state index < -0.39 is 0 Å². The first-order valence-corrected chi connectivity index (χ1v) is 6.44. The smallest absolute Gasteiger partial charge is 0.106 e. The Morgan fingerprint density at radius 3 is 2.40 bits per heavy atom. The lowest BCUT2D eigenvalue weighted by Crippen LogP contribution is -1.98. The molecule has 1 aromatic rings. The molecule has 0 aromatic carbocycles. The van der Waals surface area contributed by atoms with Gasteiger partial charge in [-0.3, -0.25) is 0 Å². The number of rotatable bonds is 4. The standard InChI is InChI=1S/C13H20BrN/c1-9(2)5-6-11-7-12(10(3)4)15-13(14)8-11/h7-10H,5-6H2,1-4H3. The third-order valence-corrected chi connectivity index (χ3v) is 2.88. The molecule has 0 radical (unpaired) electrons. The number of halogens is 1. The van der Waals surface area contributed by atoms with E-state index in [1.807, 2.05) is 0 Å². The molecular formula is C13H20BrN. The molecule has 0 fully saturated rings. The molecule has 0 unspecified atom stereocenters. The van der Waals surface area contributed by atoms with Gasteiger partial charge in [0.15, 0.2) is 0 Å². The van der Waals surface area contributed by atoms with Crippen molar-refractivity contribution in [3.05, 3.63) is 28.0 Å². The van der Waals surface area contributed by atoms with Gasteiger partial charge in [-0.25, -0.2) is 4.98 Å². The molecule has 1 nitrogen and oxygen atoms in total. The van der Waals surface area contributed by atoms with Gasteiger partial charge in [0, 0.05) is 5.69 Å². The van der Waals surface area contributed by atoms with E-state index in [1.54, 1.807) is 0 Å². The van der Waals surface area contributed by atoms with Crippen molar-refractivity contribution < 1.29 is 0 Å². The largest absolute Gasteiger partial charge is 0.246 e. The molecule has 2 heteroatoms. The van der Waals surface area contributed by atoms with Crippen LogP contribution in [-0.4, -0.2) is 4.98 Å². The molecule has 84 valence electrons. The number of hydrogen-bond donors (Lipinski definition) is 0. The quantitative estimate of drug-likeness (QED) is 0.731. The average Bonchev–Trinajstić information content (AvgIpc) is 2.13. The Hall–Kier alpha value is -0.370. The van der Waals surface area contributed by atoms with Crippen LogP contribution in [-0.2, 0) is 6.42 Å². The van der Waals surface area contributed by atoms with E-state index in [1.165, 1.54) is 17.7 Å². The zero-order chi connectivity index (χ0) is 11.4. The van der Waals surface area contributed by atoms with E-state index >= 15 is 0 Å². The van der Waals surface area contributed by atoms with E-state index in [0.29, 0.717) is 5.92 Å². The molecular weight excluding hydrogens is 250 g/mol. The van der Waals surface area contributed by atoms with Gasteiger partial charge in [-0.15, -0.1) is 0 Å². The van der Waals surface area contributed by atoms with Gasteiger partial charge in [0.25, 0.3) is 0 Å². The highest BCUT2D eigenvalue weighted by Crippen LogP contribution is 2.19. The summed E-state index contributed by atoms with van der Waals surface area (Å²) in [5.41, 5.74) is 2.58. The van der Waals surface area contributed by atoms with Gasteiger partial charge < -0.3 is 0 Å². The Bertz CT molecular complexity index is 318. The van der Waals surface area contributed by atoms with Crippen LogP contribution in [0.25, 0.3) is 0 Å². The summed E-state index contributed by atoms with van der Waals surface area (Å²) in [5.74, 6) is 1.26. The molecule has 0 bridgehead atoms. The van der Waals surface area contributed by atoms with Crippen molar-refractivity contribution in [3.8, 4) is 0 Å². The Labute approximate surface area is 101 Å². The Balaban J connectivity index is 2.79.